The zero-order valence-corrected chi connectivity index (χ0v) is 21.4. The van der Waals surface area contributed by atoms with Crippen molar-refractivity contribution < 1.29 is 19.2 Å². The van der Waals surface area contributed by atoms with Gasteiger partial charge in [0.25, 0.3) is 0 Å². The van der Waals surface area contributed by atoms with Crippen molar-refractivity contribution in [2.75, 3.05) is 13.1 Å². The molecule has 0 aromatic heterocycles. The van der Waals surface area contributed by atoms with E-state index in [1.54, 1.807) is 12.2 Å². The van der Waals surface area contributed by atoms with Gasteiger partial charge in [-0.1, -0.05) is 55.7 Å². The van der Waals surface area contributed by atoms with Gasteiger partial charge in [0.15, 0.2) is 0 Å². The third kappa shape index (κ3) is 4.79. The van der Waals surface area contributed by atoms with Gasteiger partial charge in [-0.25, -0.2) is 0 Å². The summed E-state index contributed by atoms with van der Waals surface area (Å²) in [4.78, 5) is 56.2. The van der Waals surface area contributed by atoms with E-state index in [1.807, 2.05) is 0 Å². The summed E-state index contributed by atoms with van der Waals surface area (Å²) >= 11 is 0. The number of hydrogen-bond acceptors (Lipinski definition) is 4. The summed E-state index contributed by atoms with van der Waals surface area (Å²) in [6, 6.07) is 0. The molecule has 2 heterocycles. The van der Waals surface area contributed by atoms with Crippen molar-refractivity contribution in [2.45, 2.75) is 70.6 Å². The quantitative estimate of drug-likeness (QED) is 0.371. The Hall–Kier alpha value is -2.76. The molecular formula is C30H40N2O4. The van der Waals surface area contributed by atoms with Crippen molar-refractivity contribution in [1.29, 1.82) is 0 Å². The number of imide groups is 2. The average Bonchev–Trinajstić information content (AvgIpc) is 3.25. The molecule has 0 aromatic carbocycles. The highest BCUT2D eigenvalue weighted by Gasteiger charge is 2.59. The minimum absolute atomic E-state index is 0.0268. The molecule has 4 amide bonds. The Morgan fingerprint density at radius 3 is 2.19 bits per heavy atom. The molecule has 2 saturated heterocycles. The van der Waals surface area contributed by atoms with Crippen LogP contribution >= 0.6 is 0 Å². The monoisotopic (exact) mass is 492 g/mol. The molecule has 2 fully saturated rings. The minimum Gasteiger partial charge on any atom is -0.278 e. The van der Waals surface area contributed by atoms with Crippen LogP contribution in [-0.4, -0.2) is 46.5 Å². The Kier molecular flexibility index (Phi) is 8.43. The van der Waals surface area contributed by atoms with E-state index in [2.05, 4.69) is 37.5 Å². The third-order valence-electron chi connectivity index (χ3n) is 8.82. The standard InChI is InChI=1S/C30H40N2O4/c1-3-18-31-26(33)20-23(28(31)35)24-16-12-8-9-13-17-30(24,22-14-10-6-5-7-11-15-22)25-21-27(34)32(19-4-2)29(25)36/h3-4,10,13-14,17,22-25H,1-2,5-9,11-12,15-16,18-21H2. The summed E-state index contributed by atoms with van der Waals surface area (Å²) in [5.41, 5.74) is -0.693. The largest absolute Gasteiger partial charge is 0.278 e. The fourth-order valence-electron chi connectivity index (χ4n) is 7.18. The molecular weight excluding hydrogens is 452 g/mol. The predicted molar refractivity (Wildman–Crippen MR) is 139 cm³/mol. The molecule has 6 heteroatoms. The van der Waals surface area contributed by atoms with Gasteiger partial charge in [0, 0.05) is 31.3 Å². The molecule has 0 N–H and O–H groups in total. The Labute approximate surface area is 215 Å². The molecule has 194 valence electrons. The fraction of sp³-hybridized carbons (Fsp3) is 0.600. The maximum atomic E-state index is 13.9. The summed E-state index contributed by atoms with van der Waals surface area (Å²) in [6.07, 6.45) is 21.2. The molecule has 5 unspecified atom stereocenters. The van der Waals surface area contributed by atoms with Gasteiger partial charge in [-0.15, -0.1) is 13.2 Å². The zero-order chi connectivity index (χ0) is 25.7. The number of carbonyl (C=O) groups excluding carboxylic acids is 4. The number of likely N-dealkylation sites (tertiary alicyclic amines) is 2. The van der Waals surface area contributed by atoms with Gasteiger partial charge in [-0.2, -0.15) is 0 Å². The first-order valence-electron chi connectivity index (χ1n) is 13.7. The summed E-state index contributed by atoms with van der Waals surface area (Å²) in [7, 11) is 0. The van der Waals surface area contributed by atoms with E-state index in [9.17, 15) is 19.2 Å². The minimum atomic E-state index is -0.693. The lowest BCUT2D eigenvalue weighted by atomic mass is 9.52. The highest BCUT2D eigenvalue weighted by Crippen LogP contribution is 2.57. The summed E-state index contributed by atoms with van der Waals surface area (Å²) in [5.74, 6) is -1.86. The molecule has 6 nitrogen and oxygen atoms in total. The van der Waals surface area contributed by atoms with Gasteiger partial charge in [0.05, 0.1) is 11.8 Å². The van der Waals surface area contributed by atoms with Crippen molar-refractivity contribution in [1.82, 2.24) is 9.80 Å². The zero-order valence-electron chi connectivity index (χ0n) is 21.4. The van der Waals surface area contributed by atoms with Crippen LogP contribution in [0, 0.1) is 29.1 Å². The molecule has 2 aliphatic carbocycles. The number of hydrogen-bond donors (Lipinski definition) is 0. The molecule has 5 atom stereocenters. The highest BCUT2D eigenvalue weighted by atomic mass is 16.2. The van der Waals surface area contributed by atoms with Gasteiger partial charge in [-0.3, -0.25) is 29.0 Å². The number of carbonyl (C=O) groups is 4. The van der Waals surface area contributed by atoms with Crippen LogP contribution in [0.3, 0.4) is 0 Å². The number of rotatable bonds is 7. The van der Waals surface area contributed by atoms with E-state index in [-0.39, 0.29) is 61.4 Å². The third-order valence-corrected chi connectivity index (χ3v) is 8.82. The van der Waals surface area contributed by atoms with E-state index in [0.29, 0.717) is 0 Å². The number of amides is 4. The van der Waals surface area contributed by atoms with Crippen molar-refractivity contribution in [2.24, 2.45) is 29.1 Å². The number of allylic oxidation sites excluding steroid dienone is 4. The first-order valence-corrected chi connectivity index (χ1v) is 13.7. The van der Waals surface area contributed by atoms with Gasteiger partial charge in [0.1, 0.15) is 0 Å². The summed E-state index contributed by atoms with van der Waals surface area (Å²) < 4.78 is 0. The first kappa shape index (κ1) is 26.3. The van der Waals surface area contributed by atoms with Crippen LogP contribution in [0.15, 0.2) is 49.6 Å². The van der Waals surface area contributed by atoms with Crippen molar-refractivity contribution >= 4 is 23.6 Å². The maximum absolute atomic E-state index is 13.9. The lowest BCUT2D eigenvalue weighted by Crippen LogP contribution is -2.50. The molecule has 4 rings (SSSR count). The first-order chi connectivity index (χ1) is 17.5. The maximum Gasteiger partial charge on any atom is 0.234 e. The van der Waals surface area contributed by atoms with Gasteiger partial charge in [0.2, 0.25) is 23.6 Å². The molecule has 0 aromatic rings. The molecule has 4 aliphatic rings. The van der Waals surface area contributed by atoms with E-state index in [0.717, 1.165) is 57.8 Å². The molecule has 0 spiro atoms. The van der Waals surface area contributed by atoms with Crippen LogP contribution in [0.1, 0.15) is 70.6 Å². The molecule has 0 radical (unpaired) electrons. The second-order valence-electron chi connectivity index (χ2n) is 10.8. The van der Waals surface area contributed by atoms with Crippen LogP contribution < -0.4 is 0 Å². The predicted octanol–water partition coefficient (Wildman–Crippen LogP) is 4.98. The van der Waals surface area contributed by atoms with Crippen LogP contribution in [0.4, 0.5) is 0 Å². The lowest BCUT2D eigenvalue weighted by Gasteiger charge is -2.49. The van der Waals surface area contributed by atoms with Crippen LogP contribution in [0.5, 0.6) is 0 Å². The second kappa shape index (κ2) is 11.5. The van der Waals surface area contributed by atoms with Gasteiger partial charge in [-0.05, 0) is 50.4 Å². The average molecular weight is 493 g/mol. The number of nitrogens with zero attached hydrogens (tertiary/aromatic N) is 2. The molecule has 2 aliphatic heterocycles. The van der Waals surface area contributed by atoms with E-state index in [4.69, 9.17) is 0 Å². The normalized spacial score (nSPS) is 33.9. The van der Waals surface area contributed by atoms with Gasteiger partial charge < -0.3 is 0 Å². The van der Waals surface area contributed by atoms with E-state index >= 15 is 0 Å². The van der Waals surface area contributed by atoms with Crippen LogP contribution in [-0.2, 0) is 19.2 Å². The SMILES string of the molecule is C=CCN1C(=O)CC(C2CCCCC=CC2(C2C=CCCCCC2)C2CC(=O)N(CC=C)C2=O)C1=O. The van der Waals surface area contributed by atoms with Crippen molar-refractivity contribution in [3.63, 3.8) is 0 Å². The van der Waals surface area contributed by atoms with Crippen molar-refractivity contribution in [3.05, 3.63) is 49.6 Å². The van der Waals surface area contributed by atoms with E-state index < -0.39 is 17.3 Å². The molecule has 0 bridgehead atoms. The van der Waals surface area contributed by atoms with Gasteiger partial charge >= 0.3 is 0 Å². The summed E-state index contributed by atoms with van der Waals surface area (Å²) in [5, 5.41) is 0. The lowest BCUT2D eigenvalue weighted by molar-refractivity contribution is -0.144. The van der Waals surface area contributed by atoms with E-state index in [1.165, 1.54) is 9.80 Å². The smallest absolute Gasteiger partial charge is 0.234 e. The Morgan fingerprint density at radius 2 is 1.44 bits per heavy atom. The van der Waals surface area contributed by atoms with Crippen molar-refractivity contribution in [3.8, 4) is 0 Å². The molecule has 0 saturated carbocycles. The van der Waals surface area contributed by atoms with Crippen LogP contribution in [0.2, 0.25) is 0 Å². The molecule has 36 heavy (non-hydrogen) atoms. The van der Waals surface area contributed by atoms with Crippen LogP contribution in [0.25, 0.3) is 0 Å². The topological polar surface area (TPSA) is 74.8 Å². The second-order valence-corrected chi connectivity index (χ2v) is 10.8. The highest BCUT2D eigenvalue weighted by molar-refractivity contribution is 6.05. The Balaban J connectivity index is 1.87. The Bertz CT molecular complexity index is 966. The fourth-order valence-corrected chi connectivity index (χ4v) is 7.18. The summed E-state index contributed by atoms with van der Waals surface area (Å²) in [6.45, 7) is 7.88. The Morgan fingerprint density at radius 1 is 0.806 bits per heavy atom.